The van der Waals surface area contributed by atoms with E-state index in [2.05, 4.69) is 5.32 Å². The Hall–Kier alpha value is -1.22. The number of hydrogen-bond acceptors (Lipinski definition) is 3. The third-order valence-electron chi connectivity index (χ3n) is 2.97. The van der Waals surface area contributed by atoms with E-state index in [1.807, 2.05) is 45.2 Å². The first-order valence-electron chi connectivity index (χ1n) is 5.76. The van der Waals surface area contributed by atoms with Crippen molar-refractivity contribution in [1.82, 2.24) is 0 Å². The molecule has 0 aliphatic heterocycles. The van der Waals surface area contributed by atoms with Gasteiger partial charge in [-0.2, -0.15) is 0 Å². The number of anilines is 1. The van der Waals surface area contributed by atoms with Crippen LogP contribution in [0.5, 0.6) is 5.75 Å². The van der Waals surface area contributed by atoms with Gasteiger partial charge in [-0.25, -0.2) is 0 Å². The second-order valence-corrected chi connectivity index (χ2v) is 3.99. The molecule has 0 amide bonds. The van der Waals surface area contributed by atoms with E-state index in [4.69, 9.17) is 4.74 Å². The summed E-state index contributed by atoms with van der Waals surface area (Å²) in [5, 5.41) is 13.1. The van der Waals surface area contributed by atoms with Crippen LogP contribution < -0.4 is 10.1 Å². The first kappa shape index (κ1) is 12.8. The molecule has 0 heterocycles. The minimum absolute atomic E-state index is 0.346. The summed E-state index contributed by atoms with van der Waals surface area (Å²) < 4.78 is 5.57. The van der Waals surface area contributed by atoms with Gasteiger partial charge in [-0.15, -0.1) is 0 Å². The molecule has 1 rings (SSSR count). The summed E-state index contributed by atoms with van der Waals surface area (Å²) in [4.78, 5) is 0. The average molecular weight is 223 g/mol. The lowest BCUT2D eigenvalue weighted by molar-refractivity contribution is -0.0113. The summed E-state index contributed by atoms with van der Waals surface area (Å²) in [6, 6.07) is 7.70. The lowest BCUT2D eigenvalue weighted by Gasteiger charge is -2.25. The molecule has 0 aliphatic rings. The Morgan fingerprint density at radius 2 is 1.75 bits per heavy atom. The van der Waals surface area contributed by atoms with Gasteiger partial charge in [0.2, 0.25) is 0 Å². The van der Waals surface area contributed by atoms with Gasteiger partial charge in [0.1, 0.15) is 12.4 Å². The smallest absolute Gasteiger partial charge is 0.119 e. The molecule has 0 aliphatic carbocycles. The fourth-order valence-corrected chi connectivity index (χ4v) is 1.39. The molecule has 3 heteroatoms. The van der Waals surface area contributed by atoms with Gasteiger partial charge in [0.05, 0.1) is 5.60 Å². The predicted molar refractivity (Wildman–Crippen MR) is 67.0 cm³/mol. The zero-order valence-corrected chi connectivity index (χ0v) is 10.3. The molecule has 0 saturated carbocycles. The first-order chi connectivity index (χ1) is 7.63. The van der Waals surface area contributed by atoms with Crippen LogP contribution in [0.1, 0.15) is 26.7 Å². The summed E-state index contributed by atoms with van der Waals surface area (Å²) >= 11 is 0. The number of rotatable bonds is 6. The average Bonchev–Trinajstić information content (AvgIpc) is 2.36. The van der Waals surface area contributed by atoms with Gasteiger partial charge in [0.15, 0.2) is 0 Å². The number of aliphatic hydroxyl groups is 1. The van der Waals surface area contributed by atoms with Gasteiger partial charge >= 0.3 is 0 Å². The van der Waals surface area contributed by atoms with Gasteiger partial charge in [-0.05, 0) is 37.1 Å². The van der Waals surface area contributed by atoms with Crippen LogP contribution in [0, 0.1) is 0 Å². The van der Waals surface area contributed by atoms with E-state index in [0.29, 0.717) is 19.4 Å². The molecule has 0 atom stereocenters. The van der Waals surface area contributed by atoms with Crippen LogP contribution in [0.25, 0.3) is 0 Å². The summed E-state index contributed by atoms with van der Waals surface area (Å²) in [6.07, 6.45) is 1.41. The molecule has 0 aromatic heterocycles. The van der Waals surface area contributed by atoms with Crippen LogP contribution >= 0.6 is 0 Å². The van der Waals surface area contributed by atoms with Crippen molar-refractivity contribution in [2.75, 3.05) is 19.0 Å². The standard InChI is InChI=1S/C13H21NO2/c1-4-13(15,5-2)10-16-12-8-6-11(14-3)7-9-12/h6-9,14-15H,4-5,10H2,1-3H3. The monoisotopic (exact) mass is 223 g/mol. The van der Waals surface area contributed by atoms with E-state index in [1.54, 1.807) is 0 Å². The van der Waals surface area contributed by atoms with E-state index in [-0.39, 0.29) is 0 Å². The maximum atomic E-state index is 10.1. The quantitative estimate of drug-likeness (QED) is 0.779. The van der Waals surface area contributed by atoms with Crippen LogP contribution in [0.2, 0.25) is 0 Å². The van der Waals surface area contributed by atoms with Crippen molar-refractivity contribution in [3.05, 3.63) is 24.3 Å². The highest BCUT2D eigenvalue weighted by Gasteiger charge is 2.22. The van der Waals surface area contributed by atoms with E-state index < -0.39 is 5.60 Å². The molecule has 0 unspecified atom stereocenters. The van der Waals surface area contributed by atoms with Crippen molar-refractivity contribution in [1.29, 1.82) is 0 Å². The minimum atomic E-state index is -0.707. The summed E-state index contributed by atoms with van der Waals surface area (Å²) in [6.45, 7) is 4.28. The maximum absolute atomic E-state index is 10.1. The molecule has 0 spiro atoms. The SMILES string of the molecule is CCC(O)(CC)COc1ccc(NC)cc1. The number of hydrogen-bond donors (Lipinski definition) is 2. The van der Waals surface area contributed by atoms with E-state index in [1.165, 1.54) is 0 Å². The second-order valence-electron chi connectivity index (χ2n) is 3.99. The van der Waals surface area contributed by atoms with Crippen LogP contribution in [-0.2, 0) is 0 Å². The minimum Gasteiger partial charge on any atom is -0.491 e. The Balaban J connectivity index is 2.54. The molecule has 90 valence electrons. The van der Waals surface area contributed by atoms with E-state index >= 15 is 0 Å². The van der Waals surface area contributed by atoms with Gasteiger partial charge in [0.25, 0.3) is 0 Å². The Labute approximate surface area is 97.4 Å². The predicted octanol–water partition coefficient (Wildman–Crippen LogP) is 2.66. The topological polar surface area (TPSA) is 41.5 Å². The zero-order valence-electron chi connectivity index (χ0n) is 10.3. The van der Waals surface area contributed by atoms with E-state index in [0.717, 1.165) is 11.4 Å². The molecular formula is C13H21NO2. The van der Waals surface area contributed by atoms with Gasteiger partial charge < -0.3 is 15.2 Å². The highest BCUT2D eigenvalue weighted by Crippen LogP contribution is 2.19. The highest BCUT2D eigenvalue weighted by atomic mass is 16.5. The molecule has 0 saturated heterocycles. The molecule has 1 aromatic rings. The third-order valence-corrected chi connectivity index (χ3v) is 2.97. The molecule has 16 heavy (non-hydrogen) atoms. The van der Waals surface area contributed by atoms with Crippen LogP contribution in [0.3, 0.4) is 0 Å². The fourth-order valence-electron chi connectivity index (χ4n) is 1.39. The summed E-state index contributed by atoms with van der Waals surface area (Å²) in [5.74, 6) is 0.791. The van der Waals surface area contributed by atoms with Gasteiger partial charge in [0, 0.05) is 12.7 Å². The van der Waals surface area contributed by atoms with E-state index in [9.17, 15) is 5.11 Å². The Morgan fingerprint density at radius 1 is 1.19 bits per heavy atom. The van der Waals surface area contributed by atoms with Crippen LogP contribution in [-0.4, -0.2) is 24.4 Å². The van der Waals surface area contributed by atoms with Crippen molar-refractivity contribution < 1.29 is 9.84 Å². The lowest BCUT2D eigenvalue weighted by Crippen LogP contribution is -2.34. The van der Waals surface area contributed by atoms with Crippen LogP contribution in [0.4, 0.5) is 5.69 Å². The molecule has 1 aromatic carbocycles. The Morgan fingerprint density at radius 3 is 2.19 bits per heavy atom. The maximum Gasteiger partial charge on any atom is 0.119 e. The normalized spacial score (nSPS) is 11.2. The van der Waals surface area contributed by atoms with Crippen LogP contribution in [0.15, 0.2) is 24.3 Å². The summed E-state index contributed by atoms with van der Waals surface area (Å²) in [5.41, 5.74) is 0.343. The molecule has 0 fully saturated rings. The lowest BCUT2D eigenvalue weighted by atomic mass is 9.99. The van der Waals surface area contributed by atoms with Crippen molar-refractivity contribution in [3.63, 3.8) is 0 Å². The largest absolute Gasteiger partial charge is 0.491 e. The van der Waals surface area contributed by atoms with Crippen molar-refractivity contribution in [2.24, 2.45) is 0 Å². The fraction of sp³-hybridized carbons (Fsp3) is 0.538. The molecular weight excluding hydrogens is 202 g/mol. The zero-order chi connectivity index (χ0) is 12.0. The number of nitrogens with one attached hydrogen (secondary N) is 1. The van der Waals surface area contributed by atoms with Crippen molar-refractivity contribution in [3.8, 4) is 5.75 Å². The Kier molecular flexibility index (Phi) is 4.62. The third kappa shape index (κ3) is 3.42. The molecule has 2 N–H and O–H groups in total. The molecule has 3 nitrogen and oxygen atoms in total. The number of ether oxygens (including phenoxy) is 1. The molecule has 0 bridgehead atoms. The first-order valence-corrected chi connectivity index (χ1v) is 5.76. The van der Waals surface area contributed by atoms with Gasteiger partial charge in [-0.3, -0.25) is 0 Å². The van der Waals surface area contributed by atoms with Gasteiger partial charge in [-0.1, -0.05) is 13.8 Å². The Bertz CT molecular complexity index is 304. The highest BCUT2D eigenvalue weighted by molar-refractivity contribution is 5.45. The van der Waals surface area contributed by atoms with Crippen molar-refractivity contribution in [2.45, 2.75) is 32.3 Å². The summed E-state index contributed by atoms with van der Waals surface area (Å²) in [7, 11) is 1.88. The molecule has 0 radical (unpaired) electrons. The van der Waals surface area contributed by atoms with Crippen molar-refractivity contribution >= 4 is 5.69 Å². The second kappa shape index (κ2) is 5.75. The number of benzene rings is 1.